The second-order valence-corrected chi connectivity index (χ2v) is 6.44. The third-order valence-electron chi connectivity index (χ3n) is 4.76. The van der Waals surface area contributed by atoms with E-state index < -0.39 is 11.9 Å². The van der Waals surface area contributed by atoms with Crippen LogP contribution in [-0.4, -0.2) is 28.7 Å². The van der Waals surface area contributed by atoms with E-state index >= 15 is 0 Å². The molecule has 8 nitrogen and oxygen atoms in total. The molecule has 0 fully saturated rings. The molecule has 29 heavy (non-hydrogen) atoms. The molecule has 0 aliphatic carbocycles. The zero-order chi connectivity index (χ0) is 20.5. The first-order valence-electron chi connectivity index (χ1n) is 8.74. The molecule has 0 spiro atoms. The van der Waals surface area contributed by atoms with Gasteiger partial charge >= 0.3 is 5.97 Å². The summed E-state index contributed by atoms with van der Waals surface area (Å²) in [5.74, 6) is -1.66. The zero-order valence-corrected chi connectivity index (χ0v) is 15.4. The molecule has 0 saturated heterocycles. The normalized spacial score (nSPS) is 12.2. The van der Waals surface area contributed by atoms with Gasteiger partial charge in [-0.3, -0.25) is 15.1 Å². The number of hydrogen-bond donors (Lipinski definition) is 3. The van der Waals surface area contributed by atoms with Crippen molar-refractivity contribution in [3.05, 3.63) is 70.9 Å². The largest absolute Gasteiger partial charge is 0.478 e. The Morgan fingerprint density at radius 2 is 2.07 bits per heavy atom. The molecule has 0 unspecified atom stereocenters. The summed E-state index contributed by atoms with van der Waals surface area (Å²) in [6, 6.07) is 13.5. The van der Waals surface area contributed by atoms with Crippen LogP contribution in [0.4, 0.5) is 5.69 Å². The summed E-state index contributed by atoms with van der Waals surface area (Å²) in [7, 11) is 1.53. The van der Waals surface area contributed by atoms with Gasteiger partial charge in [0.1, 0.15) is 5.69 Å². The first-order chi connectivity index (χ1) is 14.0. The van der Waals surface area contributed by atoms with Crippen LogP contribution in [0.3, 0.4) is 0 Å². The van der Waals surface area contributed by atoms with E-state index in [9.17, 15) is 14.7 Å². The Kier molecular flexibility index (Phi) is 4.50. The van der Waals surface area contributed by atoms with Gasteiger partial charge in [-0.05, 0) is 30.3 Å². The zero-order valence-electron chi connectivity index (χ0n) is 15.4. The van der Waals surface area contributed by atoms with E-state index in [1.807, 2.05) is 34.9 Å². The molecular formula is C21H16N4O4. The average molecular weight is 388 g/mol. The second kappa shape index (κ2) is 7.14. The lowest BCUT2D eigenvalue weighted by Crippen LogP contribution is -2.21. The maximum absolute atomic E-state index is 13.0. The molecule has 2 heterocycles. The highest BCUT2D eigenvalue weighted by Gasteiger charge is 2.23. The first kappa shape index (κ1) is 18.3. The standard InChI is InChI=1S/C21H16N4O4/c1-29-24-17-7-8-25-18(10-13-3-2-4-14(17)19(13)25)20(26)23-16-6-5-12(11-22)9-15(16)21(27)28/h2-7,9-10,24H,8H2,1H3,(H,23,26)(H,27,28). The number of carboxylic acids is 1. The molecule has 3 N–H and O–H groups in total. The van der Waals surface area contributed by atoms with Gasteiger partial charge in [0, 0.05) is 17.5 Å². The van der Waals surface area contributed by atoms with Crippen LogP contribution in [0.2, 0.25) is 0 Å². The minimum atomic E-state index is -1.22. The number of amides is 1. The molecule has 4 rings (SSSR count). The number of rotatable bonds is 5. The van der Waals surface area contributed by atoms with Gasteiger partial charge in [-0.15, -0.1) is 0 Å². The van der Waals surface area contributed by atoms with Gasteiger partial charge in [0.15, 0.2) is 0 Å². The number of aromatic carboxylic acids is 1. The number of carboxylic acid groups (broad SMARTS) is 1. The fourth-order valence-electron chi connectivity index (χ4n) is 3.51. The van der Waals surface area contributed by atoms with E-state index in [0.29, 0.717) is 12.2 Å². The summed E-state index contributed by atoms with van der Waals surface area (Å²) in [5.41, 5.74) is 6.06. The summed E-state index contributed by atoms with van der Waals surface area (Å²) in [5, 5.41) is 21.9. The molecule has 1 aliphatic heterocycles. The molecule has 2 aromatic carbocycles. The van der Waals surface area contributed by atoms with Crippen molar-refractivity contribution in [3.8, 4) is 6.07 Å². The number of aromatic nitrogens is 1. The third kappa shape index (κ3) is 3.09. The van der Waals surface area contributed by atoms with Crippen LogP contribution in [0.15, 0.2) is 48.5 Å². The lowest BCUT2D eigenvalue weighted by atomic mass is 10.1. The van der Waals surface area contributed by atoms with E-state index in [1.54, 1.807) is 6.07 Å². The minimum absolute atomic E-state index is 0.132. The average Bonchev–Trinajstić information content (AvgIpc) is 3.10. The van der Waals surface area contributed by atoms with Gasteiger partial charge in [0.25, 0.3) is 5.91 Å². The van der Waals surface area contributed by atoms with Crippen LogP contribution >= 0.6 is 0 Å². The molecular weight excluding hydrogens is 372 g/mol. The number of hydrogen-bond acceptors (Lipinski definition) is 5. The van der Waals surface area contributed by atoms with E-state index in [0.717, 1.165) is 22.2 Å². The van der Waals surface area contributed by atoms with Crippen LogP contribution < -0.4 is 10.8 Å². The monoisotopic (exact) mass is 388 g/mol. The van der Waals surface area contributed by atoms with Gasteiger partial charge in [-0.1, -0.05) is 18.2 Å². The first-order valence-corrected chi connectivity index (χ1v) is 8.74. The predicted octanol–water partition coefficient (Wildman–Crippen LogP) is 2.97. The van der Waals surface area contributed by atoms with Crippen molar-refractivity contribution in [1.29, 1.82) is 5.26 Å². The molecule has 1 aliphatic rings. The smallest absolute Gasteiger partial charge is 0.337 e. The number of nitrogens with one attached hydrogen (secondary N) is 2. The molecule has 3 aromatic rings. The minimum Gasteiger partial charge on any atom is -0.478 e. The van der Waals surface area contributed by atoms with Crippen LogP contribution in [0.5, 0.6) is 0 Å². The van der Waals surface area contributed by atoms with Crippen molar-refractivity contribution < 1.29 is 19.5 Å². The number of nitriles is 1. The van der Waals surface area contributed by atoms with Crippen molar-refractivity contribution in [2.75, 3.05) is 12.4 Å². The number of hydroxylamine groups is 1. The van der Waals surface area contributed by atoms with Crippen LogP contribution in [0.1, 0.15) is 32.0 Å². The number of para-hydroxylation sites is 1. The van der Waals surface area contributed by atoms with Gasteiger partial charge in [-0.25, -0.2) is 4.79 Å². The fourth-order valence-corrected chi connectivity index (χ4v) is 3.51. The summed E-state index contributed by atoms with van der Waals surface area (Å²) in [4.78, 5) is 29.5. The number of carbonyl (C=O) groups excluding carboxylic acids is 1. The molecule has 0 bridgehead atoms. The Labute approximate surface area is 165 Å². The second-order valence-electron chi connectivity index (χ2n) is 6.44. The van der Waals surface area contributed by atoms with E-state index in [4.69, 9.17) is 10.1 Å². The Bertz CT molecular complexity index is 1230. The van der Waals surface area contributed by atoms with Crippen molar-refractivity contribution >= 4 is 34.2 Å². The van der Waals surface area contributed by atoms with E-state index in [-0.39, 0.29) is 16.8 Å². The lowest BCUT2D eigenvalue weighted by molar-refractivity contribution is 0.0698. The molecule has 8 heteroatoms. The summed E-state index contributed by atoms with van der Waals surface area (Å²) < 4.78 is 1.87. The quantitative estimate of drug-likeness (QED) is 0.579. The van der Waals surface area contributed by atoms with Gasteiger partial charge in [-0.2, -0.15) is 5.26 Å². The summed E-state index contributed by atoms with van der Waals surface area (Å²) >= 11 is 0. The number of anilines is 1. The topological polar surface area (TPSA) is 116 Å². The van der Waals surface area contributed by atoms with Crippen molar-refractivity contribution in [2.24, 2.45) is 0 Å². The number of carbonyl (C=O) groups is 2. The molecule has 1 aromatic heterocycles. The Morgan fingerprint density at radius 1 is 1.24 bits per heavy atom. The Balaban J connectivity index is 1.74. The highest BCUT2D eigenvalue weighted by atomic mass is 16.6. The third-order valence-corrected chi connectivity index (χ3v) is 4.76. The van der Waals surface area contributed by atoms with Crippen LogP contribution in [-0.2, 0) is 11.4 Å². The Hall–Kier alpha value is -4.09. The number of allylic oxidation sites excluding steroid dienone is 1. The van der Waals surface area contributed by atoms with Gasteiger partial charge in [0.05, 0.1) is 41.2 Å². The predicted molar refractivity (Wildman–Crippen MR) is 106 cm³/mol. The maximum Gasteiger partial charge on any atom is 0.337 e. The lowest BCUT2D eigenvalue weighted by Gasteiger charge is -2.19. The summed E-state index contributed by atoms with van der Waals surface area (Å²) in [6.45, 7) is 0.452. The van der Waals surface area contributed by atoms with Crippen molar-refractivity contribution in [3.63, 3.8) is 0 Å². The molecule has 0 saturated carbocycles. The molecule has 1 amide bonds. The highest BCUT2D eigenvalue weighted by molar-refractivity contribution is 6.10. The van der Waals surface area contributed by atoms with Crippen molar-refractivity contribution in [1.82, 2.24) is 10.0 Å². The number of benzene rings is 2. The van der Waals surface area contributed by atoms with Crippen LogP contribution in [0.25, 0.3) is 16.6 Å². The van der Waals surface area contributed by atoms with Crippen molar-refractivity contribution in [2.45, 2.75) is 6.54 Å². The Morgan fingerprint density at radius 3 is 2.79 bits per heavy atom. The highest BCUT2D eigenvalue weighted by Crippen LogP contribution is 2.31. The summed E-state index contributed by atoms with van der Waals surface area (Å²) in [6.07, 6.45) is 1.91. The fraction of sp³-hybridized carbons (Fsp3) is 0.0952. The van der Waals surface area contributed by atoms with E-state index in [2.05, 4.69) is 10.8 Å². The van der Waals surface area contributed by atoms with Gasteiger partial charge in [0.2, 0.25) is 0 Å². The SMILES string of the molecule is CONC1=CCn2c(C(=O)Nc3ccc(C#N)cc3C(=O)O)cc3cccc1c32. The number of nitrogens with zero attached hydrogens (tertiary/aromatic N) is 2. The maximum atomic E-state index is 13.0. The van der Waals surface area contributed by atoms with E-state index in [1.165, 1.54) is 25.3 Å². The molecule has 0 radical (unpaired) electrons. The molecule has 0 atom stereocenters. The van der Waals surface area contributed by atoms with Gasteiger partial charge < -0.3 is 15.0 Å². The molecule has 144 valence electrons. The van der Waals surface area contributed by atoms with Crippen LogP contribution in [0, 0.1) is 11.3 Å².